The lowest BCUT2D eigenvalue weighted by molar-refractivity contribution is -0.0366. The van der Waals surface area contributed by atoms with Crippen LogP contribution in [0.15, 0.2) is 29.2 Å². The summed E-state index contributed by atoms with van der Waals surface area (Å²) in [6, 6.07) is 7.26. The average Bonchev–Trinajstić information content (AvgIpc) is 2.08. The topological polar surface area (TPSA) is 40.5 Å². The lowest BCUT2D eigenvalue weighted by Crippen LogP contribution is -2.18. The lowest BCUT2D eigenvalue weighted by atomic mass is 10.4. The van der Waals surface area contributed by atoms with E-state index in [0.29, 0.717) is 5.02 Å². The van der Waals surface area contributed by atoms with Crippen molar-refractivity contribution in [2.24, 2.45) is 0 Å². The summed E-state index contributed by atoms with van der Waals surface area (Å²) in [5.74, 6) is 0. The van der Waals surface area contributed by atoms with Gasteiger partial charge in [0.05, 0.1) is 5.25 Å². The van der Waals surface area contributed by atoms with Gasteiger partial charge in [-0.2, -0.15) is 0 Å². The van der Waals surface area contributed by atoms with Gasteiger partial charge in [-0.25, -0.2) is 0 Å². The van der Waals surface area contributed by atoms with Crippen LogP contribution in [0.1, 0.15) is 6.92 Å². The van der Waals surface area contributed by atoms with Gasteiger partial charge in [-0.3, -0.25) is 0 Å². The van der Waals surface area contributed by atoms with E-state index in [1.165, 1.54) is 11.8 Å². The molecule has 0 spiro atoms. The van der Waals surface area contributed by atoms with Crippen molar-refractivity contribution in [1.82, 2.24) is 0 Å². The highest BCUT2D eigenvalue weighted by atomic mass is 35.5. The first-order chi connectivity index (χ1) is 6.09. The summed E-state index contributed by atoms with van der Waals surface area (Å²) >= 11 is 7.10. The van der Waals surface area contributed by atoms with Crippen molar-refractivity contribution in [3.05, 3.63) is 29.3 Å². The molecule has 4 heteroatoms. The van der Waals surface area contributed by atoms with Crippen molar-refractivity contribution >= 4 is 23.4 Å². The number of halogens is 1. The molecule has 0 aromatic heterocycles. The Morgan fingerprint density at radius 2 is 1.77 bits per heavy atom. The molecule has 72 valence electrons. The molecule has 0 aliphatic rings. The largest absolute Gasteiger partial charge is 0.367 e. The van der Waals surface area contributed by atoms with Crippen LogP contribution in [0.3, 0.4) is 0 Å². The van der Waals surface area contributed by atoms with Gasteiger partial charge in [0.1, 0.15) is 0 Å². The summed E-state index contributed by atoms with van der Waals surface area (Å²) in [5.41, 5.74) is 0. The van der Waals surface area contributed by atoms with Crippen LogP contribution < -0.4 is 0 Å². The van der Waals surface area contributed by atoms with E-state index >= 15 is 0 Å². The first kappa shape index (κ1) is 10.9. The highest BCUT2D eigenvalue weighted by Gasteiger charge is 2.11. The van der Waals surface area contributed by atoms with Gasteiger partial charge in [-0.05, 0) is 31.2 Å². The van der Waals surface area contributed by atoms with Gasteiger partial charge < -0.3 is 10.2 Å². The van der Waals surface area contributed by atoms with Crippen molar-refractivity contribution in [3.8, 4) is 0 Å². The highest BCUT2D eigenvalue weighted by Crippen LogP contribution is 2.25. The molecule has 0 aliphatic heterocycles. The standard InChI is InChI=1S/C9H11ClO2S/c1-6(9(11)12)13-8-4-2-7(10)3-5-8/h2-6,9,11-12H,1H3. The Kier molecular flexibility index (Phi) is 4.06. The maximum atomic E-state index is 8.85. The second kappa shape index (κ2) is 4.86. The van der Waals surface area contributed by atoms with E-state index in [-0.39, 0.29) is 5.25 Å². The summed E-state index contributed by atoms with van der Waals surface area (Å²) in [6.07, 6.45) is -1.29. The summed E-state index contributed by atoms with van der Waals surface area (Å²) in [6.45, 7) is 1.75. The van der Waals surface area contributed by atoms with Crippen LogP contribution in [0.5, 0.6) is 0 Å². The lowest BCUT2D eigenvalue weighted by Gasteiger charge is -2.12. The fourth-order valence-corrected chi connectivity index (χ4v) is 1.76. The van der Waals surface area contributed by atoms with Crippen LogP contribution in [-0.4, -0.2) is 21.8 Å². The molecule has 0 bridgehead atoms. The fraction of sp³-hybridized carbons (Fsp3) is 0.333. The summed E-state index contributed by atoms with van der Waals surface area (Å²) in [7, 11) is 0. The van der Waals surface area contributed by atoms with E-state index in [4.69, 9.17) is 21.8 Å². The Bertz CT molecular complexity index is 261. The zero-order valence-electron chi connectivity index (χ0n) is 7.14. The molecule has 0 radical (unpaired) electrons. The van der Waals surface area contributed by atoms with Crippen LogP contribution >= 0.6 is 23.4 Å². The zero-order chi connectivity index (χ0) is 9.84. The molecule has 2 nitrogen and oxygen atoms in total. The number of aliphatic hydroxyl groups excluding tert-OH is 1. The van der Waals surface area contributed by atoms with Crippen LogP contribution in [0, 0.1) is 0 Å². The Morgan fingerprint density at radius 3 is 2.23 bits per heavy atom. The Morgan fingerprint density at radius 1 is 1.23 bits per heavy atom. The monoisotopic (exact) mass is 218 g/mol. The van der Waals surface area contributed by atoms with Crippen molar-refractivity contribution in [2.75, 3.05) is 0 Å². The quantitative estimate of drug-likeness (QED) is 0.603. The number of rotatable bonds is 3. The number of hydrogen-bond donors (Lipinski definition) is 2. The fourth-order valence-electron chi connectivity index (χ4n) is 0.789. The van der Waals surface area contributed by atoms with Gasteiger partial charge in [0.2, 0.25) is 0 Å². The normalized spacial score (nSPS) is 13.3. The molecule has 2 N–H and O–H groups in total. The second-order valence-corrected chi connectivity index (χ2v) is 4.58. The zero-order valence-corrected chi connectivity index (χ0v) is 8.72. The smallest absolute Gasteiger partial charge is 0.163 e. The highest BCUT2D eigenvalue weighted by molar-refractivity contribution is 8.00. The molecule has 0 fully saturated rings. The minimum Gasteiger partial charge on any atom is -0.367 e. The van der Waals surface area contributed by atoms with E-state index in [1.54, 1.807) is 19.1 Å². The maximum Gasteiger partial charge on any atom is 0.163 e. The third kappa shape index (κ3) is 3.56. The van der Waals surface area contributed by atoms with Crippen molar-refractivity contribution < 1.29 is 10.2 Å². The molecule has 0 saturated heterocycles. The summed E-state index contributed by atoms with van der Waals surface area (Å²) in [4.78, 5) is 0.977. The number of benzene rings is 1. The first-order valence-corrected chi connectivity index (χ1v) is 5.13. The van der Waals surface area contributed by atoms with Gasteiger partial charge in [0, 0.05) is 9.92 Å². The molecular formula is C9H11ClO2S. The van der Waals surface area contributed by atoms with Crippen LogP contribution in [0.4, 0.5) is 0 Å². The Labute approximate surface area is 86.5 Å². The third-order valence-electron chi connectivity index (χ3n) is 1.56. The molecule has 1 rings (SSSR count). The summed E-state index contributed by atoms with van der Waals surface area (Å²) in [5, 5.41) is 18.1. The molecule has 0 heterocycles. The van der Waals surface area contributed by atoms with Crippen LogP contribution in [0.25, 0.3) is 0 Å². The molecule has 1 aromatic rings. The average molecular weight is 219 g/mol. The Balaban J connectivity index is 2.59. The predicted octanol–water partition coefficient (Wildman–Crippen LogP) is 2.13. The number of aliphatic hydroxyl groups is 2. The maximum absolute atomic E-state index is 8.85. The first-order valence-electron chi connectivity index (χ1n) is 3.88. The van der Waals surface area contributed by atoms with E-state index in [9.17, 15) is 0 Å². The number of hydrogen-bond acceptors (Lipinski definition) is 3. The minimum atomic E-state index is -1.29. The van der Waals surface area contributed by atoms with Crippen molar-refractivity contribution in [2.45, 2.75) is 23.4 Å². The molecule has 0 saturated carbocycles. The van der Waals surface area contributed by atoms with Gasteiger partial charge >= 0.3 is 0 Å². The van der Waals surface area contributed by atoms with Gasteiger partial charge in [-0.1, -0.05) is 11.6 Å². The SMILES string of the molecule is CC(Sc1ccc(Cl)cc1)C(O)O. The third-order valence-corrected chi connectivity index (χ3v) is 2.97. The van der Waals surface area contributed by atoms with E-state index in [2.05, 4.69) is 0 Å². The van der Waals surface area contributed by atoms with Crippen LogP contribution in [0.2, 0.25) is 5.02 Å². The van der Waals surface area contributed by atoms with Gasteiger partial charge in [0.25, 0.3) is 0 Å². The molecule has 0 amide bonds. The van der Waals surface area contributed by atoms with E-state index in [0.717, 1.165) is 4.90 Å². The van der Waals surface area contributed by atoms with E-state index < -0.39 is 6.29 Å². The van der Waals surface area contributed by atoms with Crippen molar-refractivity contribution in [3.63, 3.8) is 0 Å². The minimum absolute atomic E-state index is 0.235. The second-order valence-electron chi connectivity index (χ2n) is 2.69. The number of thioether (sulfide) groups is 1. The predicted molar refractivity (Wildman–Crippen MR) is 55.0 cm³/mol. The van der Waals surface area contributed by atoms with E-state index in [1.807, 2.05) is 12.1 Å². The molecule has 1 unspecified atom stereocenters. The molecule has 1 aromatic carbocycles. The summed E-state index contributed by atoms with van der Waals surface area (Å²) < 4.78 is 0. The van der Waals surface area contributed by atoms with Crippen LogP contribution in [-0.2, 0) is 0 Å². The molecule has 0 aliphatic carbocycles. The van der Waals surface area contributed by atoms with Gasteiger partial charge in [-0.15, -0.1) is 11.8 Å². The van der Waals surface area contributed by atoms with Crippen molar-refractivity contribution in [1.29, 1.82) is 0 Å². The Hall–Kier alpha value is -0.220. The molecule has 1 atom stereocenters. The molecule has 13 heavy (non-hydrogen) atoms. The van der Waals surface area contributed by atoms with Gasteiger partial charge in [0.15, 0.2) is 6.29 Å². The molecular weight excluding hydrogens is 208 g/mol.